The fourth-order valence-electron chi connectivity index (χ4n) is 9.17. The summed E-state index contributed by atoms with van der Waals surface area (Å²) in [5, 5.41) is 10.4. The van der Waals surface area contributed by atoms with Crippen LogP contribution in [-0.2, 0) is 12.8 Å². The largest absolute Gasteiger partial charge is 0.507 e. The van der Waals surface area contributed by atoms with Crippen LogP contribution in [0.1, 0.15) is 182 Å². The van der Waals surface area contributed by atoms with Gasteiger partial charge in [0, 0.05) is 5.56 Å². The summed E-state index contributed by atoms with van der Waals surface area (Å²) in [6, 6.07) is 0. The number of hydrogen-bond donors (Lipinski definition) is 1. The van der Waals surface area contributed by atoms with E-state index in [-0.39, 0.29) is 22.3 Å². The Hall–Kier alpha value is -4.00. The third-order valence-electron chi connectivity index (χ3n) is 14.6. The Bertz CT molecular complexity index is 1960. The topological polar surface area (TPSA) is 38.7 Å². The number of hydrogen-bond acceptors (Lipinski definition) is 3. The Balaban J connectivity index is 0.000000350. The first-order valence-corrected chi connectivity index (χ1v) is 24.7. The van der Waals surface area contributed by atoms with Crippen LogP contribution in [0.4, 0.5) is 17.6 Å². The third-order valence-corrected chi connectivity index (χ3v) is 14.6. The highest BCUT2D eigenvalue weighted by atomic mass is 19.1. The molecule has 0 bridgehead atoms. The summed E-state index contributed by atoms with van der Waals surface area (Å²) in [7, 11) is 0. The Morgan fingerprint density at radius 3 is 1.15 bits per heavy atom. The van der Waals surface area contributed by atoms with Crippen LogP contribution < -0.4 is 9.47 Å². The normalized spacial score (nSPS) is 18.7. The number of alkyl halides is 4. The van der Waals surface area contributed by atoms with Crippen molar-refractivity contribution in [3.05, 3.63) is 120 Å². The van der Waals surface area contributed by atoms with Gasteiger partial charge in [0.15, 0.2) is 0 Å². The van der Waals surface area contributed by atoms with E-state index >= 15 is 0 Å². The highest BCUT2D eigenvalue weighted by Gasteiger charge is 2.35. The van der Waals surface area contributed by atoms with Gasteiger partial charge in [-0.15, -0.1) is 0 Å². The van der Waals surface area contributed by atoms with Gasteiger partial charge < -0.3 is 14.6 Å². The molecule has 0 saturated heterocycles. The summed E-state index contributed by atoms with van der Waals surface area (Å²) in [5.41, 5.74) is 16.5. The van der Waals surface area contributed by atoms with Gasteiger partial charge in [0.25, 0.3) is 0 Å². The van der Waals surface area contributed by atoms with E-state index in [2.05, 4.69) is 93.5 Å². The van der Waals surface area contributed by atoms with E-state index in [0.717, 1.165) is 124 Å². The first-order valence-electron chi connectivity index (χ1n) is 24.7. The van der Waals surface area contributed by atoms with Gasteiger partial charge in [0.2, 0.25) is 0 Å². The van der Waals surface area contributed by atoms with Crippen molar-refractivity contribution in [1.29, 1.82) is 0 Å². The van der Waals surface area contributed by atoms with Crippen LogP contribution in [0.3, 0.4) is 0 Å². The molecule has 2 atom stereocenters. The number of aromatic hydroxyl groups is 1. The molecular formula is C59H86F4O3. The second-order valence-corrected chi connectivity index (χ2v) is 20.1. The Morgan fingerprint density at radius 1 is 0.455 bits per heavy atom. The molecule has 2 aliphatic heterocycles. The molecule has 7 heteroatoms. The number of benzene rings is 2. The van der Waals surface area contributed by atoms with E-state index in [9.17, 15) is 22.7 Å². The Morgan fingerprint density at radius 2 is 0.773 bits per heavy atom. The number of rotatable bonds is 22. The fraction of sp³-hybridized carbons (Fsp3) is 0.593. The minimum absolute atomic E-state index is 0.106. The Kier molecular flexibility index (Phi) is 23.1. The van der Waals surface area contributed by atoms with Gasteiger partial charge in [-0.2, -0.15) is 0 Å². The van der Waals surface area contributed by atoms with Crippen LogP contribution in [0, 0.1) is 48.5 Å². The van der Waals surface area contributed by atoms with E-state index in [0.29, 0.717) is 18.6 Å². The SMILES string of the molecule is C/C(=C\CC/C(C)=C/CC[C@]1(C)CCc2c(C)c(C)c(C)c(C)c2O1)CCC=C(CF)CF.C/C(=C\CC/C(C)=C/CC[C@]1(C)CCc2c(C)c(O)c(C)c(C)c2O1)CCC=C(CF)CF. The summed E-state index contributed by atoms with van der Waals surface area (Å²) in [4.78, 5) is 0. The molecule has 0 amide bonds. The Labute approximate surface area is 398 Å². The summed E-state index contributed by atoms with van der Waals surface area (Å²) in [5.74, 6) is 2.51. The number of phenols is 1. The van der Waals surface area contributed by atoms with Gasteiger partial charge in [-0.25, -0.2) is 17.6 Å². The quantitative estimate of drug-likeness (QED) is 0.0945. The minimum Gasteiger partial charge on any atom is -0.507 e. The highest BCUT2D eigenvalue weighted by molar-refractivity contribution is 5.58. The van der Waals surface area contributed by atoms with Gasteiger partial charge in [0.1, 0.15) is 55.1 Å². The second-order valence-electron chi connectivity index (χ2n) is 20.1. The van der Waals surface area contributed by atoms with Crippen LogP contribution in [0.5, 0.6) is 17.2 Å². The third kappa shape index (κ3) is 16.7. The summed E-state index contributed by atoms with van der Waals surface area (Å²) in [6.07, 6.45) is 27.8. The first kappa shape index (κ1) is 56.3. The van der Waals surface area contributed by atoms with Gasteiger partial charge >= 0.3 is 0 Å². The van der Waals surface area contributed by atoms with Crippen molar-refractivity contribution in [2.45, 2.75) is 204 Å². The minimum atomic E-state index is -0.692. The van der Waals surface area contributed by atoms with E-state index in [1.807, 2.05) is 20.8 Å². The molecule has 0 saturated carbocycles. The molecular weight excluding hydrogens is 833 g/mol. The molecule has 1 N–H and O–H groups in total. The molecule has 0 aromatic heterocycles. The number of ether oxygens (including phenoxy) is 2. The summed E-state index contributed by atoms with van der Waals surface area (Å²) < 4.78 is 63.2. The predicted molar refractivity (Wildman–Crippen MR) is 273 cm³/mol. The zero-order valence-corrected chi connectivity index (χ0v) is 43.4. The monoisotopic (exact) mass is 919 g/mol. The average Bonchev–Trinajstić information content (AvgIpc) is 3.29. The lowest BCUT2D eigenvalue weighted by Crippen LogP contribution is -2.37. The van der Waals surface area contributed by atoms with Gasteiger partial charge in [-0.3, -0.25) is 0 Å². The van der Waals surface area contributed by atoms with Crippen molar-refractivity contribution in [2.75, 3.05) is 26.7 Å². The molecule has 0 unspecified atom stereocenters. The van der Waals surface area contributed by atoms with Crippen molar-refractivity contribution in [3.8, 4) is 17.2 Å². The van der Waals surface area contributed by atoms with Crippen LogP contribution in [-0.4, -0.2) is 43.0 Å². The zero-order valence-electron chi connectivity index (χ0n) is 43.4. The number of phenolic OH excluding ortho intramolecular Hbond substituents is 1. The van der Waals surface area contributed by atoms with Crippen LogP contribution in [0.15, 0.2) is 69.9 Å². The lowest BCUT2D eigenvalue weighted by Gasteiger charge is -2.38. The molecule has 66 heavy (non-hydrogen) atoms. The average molecular weight is 919 g/mol. The molecule has 2 aromatic rings. The summed E-state index contributed by atoms with van der Waals surface area (Å²) in [6.45, 7) is 25.1. The highest BCUT2D eigenvalue weighted by Crippen LogP contribution is 2.45. The smallest absolute Gasteiger partial charge is 0.127 e. The van der Waals surface area contributed by atoms with Crippen LogP contribution in [0.25, 0.3) is 0 Å². The molecule has 368 valence electrons. The molecule has 2 aliphatic rings. The number of fused-ring (bicyclic) bond motifs is 2. The lowest BCUT2D eigenvalue weighted by atomic mass is 9.83. The number of allylic oxidation sites excluding steroid dienone is 12. The van der Waals surface area contributed by atoms with E-state index in [1.54, 1.807) is 12.2 Å². The maximum Gasteiger partial charge on any atom is 0.127 e. The molecule has 2 aromatic carbocycles. The fourth-order valence-corrected chi connectivity index (χ4v) is 9.17. The van der Waals surface area contributed by atoms with Crippen LogP contribution in [0.2, 0.25) is 0 Å². The van der Waals surface area contributed by atoms with E-state index in [1.165, 1.54) is 50.1 Å². The molecule has 0 spiro atoms. The lowest BCUT2D eigenvalue weighted by molar-refractivity contribution is 0.0556. The molecule has 2 heterocycles. The van der Waals surface area contributed by atoms with Crippen molar-refractivity contribution in [1.82, 2.24) is 0 Å². The van der Waals surface area contributed by atoms with Crippen molar-refractivity contribution >= 4 is 0 Å². The van der Waals surface area contributed by atoms with E-state index < -0.39 is 26.7 Å². The first-order chi connectivity index (χ1) is 31.2. The molecule has 3 nitrogen and oxygen atoms in total. The maximum absolute atomic E-state index is 12.5. The van der Waals surface area contributed by atoms with Crippen molar-refractivity contribution in [2.24, 2.45) is 0 Å². The molecule has 0 aliphatic carbocycles. The van der Waals surface area contributed by atoms with Gasteiger partial charge in [0.05, 0.1) is 0 Å². The molecule has 0 radical (unpaired) electrons. The van der Waals surface area contributed by atoms with Gasteiger partial charge in [-0.1, -0.05) is 58.7 Å². The second kappa shape index (κ2) is 27.1. The zero-order chi connectivity index (χ0) is 49.2. The van der Waals surface area contributed by atoms with Gasteiger partial charge in [-0.05, 0) is 248 Å². The number of halogens is 4. The van der Waals surface area contributed by atoms with Crippen LogP contribution >= 0.6 is 0 Å². The molecule has 4 rings (SSSR count). The van der Waals surface area contributed by atoms with Crippen molar-refractivity contribution in [3.63, 3.8) is 0 Å². The van der Waals surface area contributed by atoms with Crippen molar-refractivity contribution < 1.29 is 32.1 Å². The molecule has 0 fully saturated rings. The maximum atomic E-state index is 12.5. The predicted octanol–water partition coefficient (Wildman–Crippen LogP) is 17.6. The standard InChI is InChI=1S/C30H44F2O.C29H42F2O2/c1-21(13-9-15-27(19-31)20-32)11-8-12-22(2)14-10-17-30(7)18-16-28-25(5)23(3)24(4)26(6)29(28)33-30;1-20(12-8-14-25(18-30)19-31)10-7-11-21(2)13-9-16-29(6)17-15-26-24(5)27(32)22(3)23(4)28(26)33-29/h11,14-15H,8-10,12-13,16-20H2,1-7H3;10,13-14,32H,7-9,11-12,15-19H2,1-6H3/b21-11+,22-14+;20-10+,21-13+/t30-;29-/m11/s1. The van der Waals surface area contributed by atoms with E-state index in [4.69, 9.17) is 9.47 Å². The summed E-state index contributed by atoms with van der Waals surface area (Å²) >= 11 is 0.